The molecule has 0 radical (unpaired) electrons. The first-order chi connectivity index (χ1) is 10.5. The molecule has 2 aromatic carbocycles. The molecule has 2 rings (SSSR count). The molecule has 4 nitrogen and oxygen atoms in total. The number of aryl methyl sites for hydroxylation is 2. The molecule has 0 saturated carbocycles. The minimum Gasteiger partial charge on any atom is -0.465 e. The first-order valence-electron chi connectivity index (χ1n) is 6.86. The second kappa shape index (κ2) is 6.43. The molecule has 0 amide bonds. The van der Waals surface area contributed by atoms with Crippen LogP contribution in [0.3, 0.4) is 0 Å². The van der Waals surface area contributed by atoms with Gasteiger partial charge in [0.15, 0.2) is 0 Å². The molecular weight excluding hydrogens is 280 g/mol. The van der Waals surface area contributed by atoms with Crippen LogP contribution < -0.4 is 0 Å². The summed E-state index contributed by atoms with van der Waals surface area (Å²) in [6, 6.07) is 11.1. The average molecular weight is 298 g/mol. The highest BCUT2D eigenvalue weighted by Gasteiger charge is 2.12. The van der Waals surface area contributed by atoms with Crippen LogP contribution in [0, 0.1) is 13.8 Å². The van der Waals surface area contributed by atoms with E-state index in [0.29, 0.717) is 11.1 Å². The molecule has 0 heterocycles. The minimum absolute atomic E-state index is 0.346. The van der Waals surface area contributed by atoms with Crippen molar-refractivity contribution >= 4 is 11.9 Å². The highest BCUT2D eigenvalue weighted by Crippen LogP contribution is 2.25. The van der Waals surface area contributed by atoms with Crippen molar-refractivity contribution < 1.29 is 19.1 Å². The van der Waals surface area contributed by atoms with Gasteiger partial charge >= 0.3 is 11.9 Å². The summed E-state index contributed by atoms with van der Waals surface area (Å²) in [5.74, 6) is -0.692. The van der Waals surface area contributed by atoms with Gasteiger partial charge in [-0.3, -0.25) is 0 Å². The molecule has 114 valence electrons. The zero-order valence-electron chi connectivity index (χ0n) is 13.1. The van der Waals surface area contributed by atoms with E-state index < -0.39 is 0 Å². The summed E-state index contributed by atoms with van der Waals surface area (Å²) in [4.78, 5) is 23.2. The lowest BCUT2D eigenvalue weighted by Gasteiger charge is -2.10. The molecule has 0 aromatic heterocycles. The third-order valence-electron chi connectivity index (χ3n) is 3.60. The van der Waals surface area contributed by atoms with E-state index in [0.717, 1.165) is 22.3 Å². The van der Waals surface area contributed by atoms with Gasteiger partial charge in [0.2, 0.25) is 0 Å². The Balaban J connectivity index is 2.41. The van der Waals surface area contributed by atoms with Crippen LogP contribution in [-0.2, 0) is 9.47 Å². The summed E-state index contributed by atoms with van der Waals surface area (Å²) in [6.07, 6.45) is 0. The Bertz CT molecular complexity index is 668. The Hall–Kier alpha value is -2.62. The summed E-state index contributed by atoms with van der Waals surface area (Å²) >= 11 is 0. The number of carbonyl (C=O) groups is 2. The van der Waals surface area contributed by atoms with Gasteiger partial charge in [0.05, 0.1) is 25.3 Å². The van der Waals surface area contributed by atoms with Crippen LogP contribution in [0.15, 0.2) is 36.4 Å². The van der Waals surface area contributed by atoms with Gasteiger partial charge in [0, 0.05) is 0 Å². The maximum atomic E-state index is 11.6. The van der Waals surface area contributed by atoms with E-state index in [1.165, 1.54) is 14.2 Å². The standard InChI is InChI=1S/C18H18O4/c1-11-9-13(5-7-15(11)17(19)21-3)14-6-8-16(12(2)10-14)18(20)22-4/h5-10H,1-4H3. The quantitative estimate of drug-likeness (QED) is 0.813. The highest BCUT2D eigenvalue weighted by atomic mass is 16.5. The van der Waals surface area contributed by atoms with Crippen LogP contribution in [0.4, 0.5) is 0 Å². The lowest BCUT2D eigenvalue weighted by molar-refractivity contribution is 0.0591. The number of rotatable bonds is 3. The lowest BCUT2D eigenvalue weighted by Crippen LogP contribution is -2.04. The molecule has 0 aliphatic carbocycles. The fraction of sp³-hybridized carbons (Fsp3) is 0.222. The van der Waals surface area contributed by atoms with E-state index >= 15 is 0 Å². The van der Waals surface area contributed by atoms with E-state index in [4.69, 9.17) is 9.47 Å². The SMILES string of the molecule is COC(=O)c1ccc(-c2ccc(C(=O)OC)c(C)c2)cc1C. The normalized spacial score (nSPS) is 10.2. The Morgan fingerprint density at radius 2 is 1.09 bits per heavy atom. The third-order valence-corrected chi connectivity index (χ3v) is 3.60. The summed E-state index contributed by atoms with van der Waals surface area (Å²) in [6.45, 7) is 3.73. The van der Waals surface area contributed by atoms with Crippen LogP contribution in [0.5, 0.6) is 0 Å². The third kappa shape index (κ3) is 3.01. The molecule has 4 heteroatoms. The van der Waals surface area contributed by atoms with E-state index in [1.807, 2.05) is 38.1 Å². The number of hydrogen-bond donors (Lipinski definition) is 0. The number of carbonyl (C=O) groups excluding carboxylic acids is 2. The zero-order valence-corrected chi connectivity index (χ0v) is 13.1. The lowest BCUT2D eigenvalue weighted by atomic mass is 9.97. The number of hydrogen-bond acceptors (Lipinski definition) is 4. The highest BCUT2D eigenvalue weighted by molar-refractivity contribution is 5.93. The van der Waals surface area contributed by atoms with Gasteiger partial charge in [-0.15, -0.1) is 0 Å². The zero-order chi connectivity index (χ0) is 16.3. The molecule has 22 heavy (non-hydrogen) atoms. The largest absolute Gasteiger partial charge is 0.465 e. The Labute approximate surface area is 129 Å². The maximum Gasteiger partial charge on any atom is 0.338 e. The number of methoxy groups -OCH3 is 2. The van der Waals surface area contributed by atoms with E-state index in [2.05, 4.69) is 0 Å². The van der Waals surface area contributed by atoms with Crippen molar-refractivity contribution in [2.45, 2.75) is 13.8 Å². The summed E-state index contributed by atoms with van der Waals surface area (Å²) in [5.41, 5.74) is 4.75. The van der Waals surface area contributed by atoms with Crippen LogP contribution in [0.2, 0.25) is 0 Å². The molecule has 0 fully saturated rings. The molecule has 0 spiro atoms. The van der Waals surface area contributed by atoms with Crippen LogP contribution in [0.1, 0.15) is 31.8 Å². The topological polar surface area (TPSA) is 52.6 Å². The smallest absolute Gasteiger partial charge is 0.338 e. The predicted molar refractivity (Wildman–Crippen MR) is 84.0 cm³/mol. The molecule has 0 bridgehead atoms. The van der Waals surface area contributed by atoms with Crippen LogP contribution >= 0.6 is 0 Å². The molecule has 2 aromatic rings. The second-order valence-electron chi connectivity index (χ2n) is 5.04. The fourth-order valence-electron chi connectivity index (χ4n) is 2.36. The van der Waals surface area contributed by atoms with E-state index in [-0.39, 0.29) is 11.9 Å². The molecule has 0 atom stereocenters. The van der Waals surface area contributed by atoms with E-state index in [1.54, 1.807) is 12.1 Å². The second-order valence-corrected chi connectivity index (χ2v) is 5.04. The molecular formula is C18H18O4. The van der Waals surface area contributed by atoms with Crippen LogP contribution in [-0.4, -0.2) is 26.2 Å². The number of benzene rings is 2. The molecule has 0 aliphatic rings. The van der Waals surface area contributed by atoms with Gasteiger partial charge in [-0.05, 0) is 48.2 Å². The van der Waals surface area contributed by atoms with Crippen molar-refractivity contribution in [2.75, 3.05) is 14.2 Å². The van der Waals surface area contributed by atoms with Gasteiger partial charge in [-0.2, -0.15) is 0 Å². The van der Waals surface area contributed by atoms with Gasteiger partial charge in [0.1, 0.15) is 0 Å². The van der Waals surface area contributed by atoms with Crippen molar-refractivity contribution in [1.29, 1.82) is 0 Å². The van der Waals surface area contributed by atoms with Gasteiger partial charge in [-0.1, -0.05) is 24.3 Å². The van der Waals surface area contributed by atoms with Gasteiger partial charge in [-0.25, -0.2) is 9.59 Å². The van der Waals surface area contributed by atoms with Gasteiger partial charge in [0.25, 0.3) is 0 Å². The summed E-state index contributed by atoms with van der Waals surface area (Å²) in [5, 5.41) is 0. The van der Waals surface area contributed by atoms with Crippen molar-refractivity contribution in [2.24, 2.45) is 0 Å². The number of ether oxygens (including phenoxy) is 2. The molecule has 0 unspecified atom stereocenters. The van der Waals surface area contributed by atoms with Gasteiger partial charge < -0.3 is 9.47 Å². The summed E-state index contributed by atoms with van der Waals surface area (Å²) < 4.78 is 9.49. The predicted octanol–water partition coefficient (Wildman–Crippen LogP) is 3.54. The molecule has 0 aliphatic heterocycles. The van der Waals surface area contributed by atoms with Crippen LogP contribution in [0.25, 0.3) is 11.1 Å². The Morgan fingerprint density at radius 3 is 1.36 bits per heavy atom. The first-order valence-corrected chi connectivity index (χ1v) is 6.86. The Morgan fingerprint density at radius 1 is 0.727 bits per heavy atom. The monoisotopic (exact) mass is 298 g/mol. The van der Waals surface area contributed by atoms with E-state index in [9.17, 15) is 9.59 Å². The summed E-state index contributed by atoms with van der Waals surface area (Å²) in [7, 11) is 2.73. The maximum absolute atomic E-state index is 11.6. The molecule has 0 saturated heterocycles. The number of esters is 2. The first kappa shape index (κ1) is 15.8. The minimum atomic E-state index is -0.346. The van der Waals surface area contributed by atoms with Crippen molar-refractivity contribution in [3.05, 3.63) is 58.7 Å². The average Bonchev–Trinajstić information content (AvgIpc) is 2.53. The fourth-order valence-corrected chi connectivity index (χ4v) is 2.36. The Kier molecular flexibility index (Phi) is 4.61. The molecule has 0 N–H and O–H groups in total. The van der Waals surface area contributed by atoms with Crippen molar-refractivity contribution in [3.8, 4) is 11.1 Å². The van der Waals surface area contributed by atoms with Crippen molar-refractivity contribution in [1.82, 2.24) is 0 Å². The van der Waals surface area contributed by atoms with Crippen molar-refractivity contribution in [3.63, 3.8) is 0 Å².